The molecular formula is C18H16F6NO5P. The number of nitrogens with one attached hydrogen (secondary N) is 1. The molecule has 0 unspecified atom stereocenters. The van der Waals surface area contributed by atoms with Gasteiger partial charge in [0, 0.05) is 0 Å². The van der Waals surface area contributed by atoms with Crippen molar-refractivity contribution in [2.45, 2.75) is 32.9 Å². The molecule has 0 fully saturated rings. The molecular weight excluding hydrogens is 455 g/mol. The maximum atomic E-state index is 14.0. The molecule has 170 valence electrons. The minimum atomic E-state index is -5.05. The lowest BCUT2D eigenvalue weighted by Crippen LogP contribution is -2.37. The van der Waals surface area contributed by atoms with E-state index in [0.717, 1.165) is 31.2 Å². The highest BCUT2D eigenvalue weighted by molar-refractivity contribution is 7.52. The van der Waals surface area contributed by atoms with Crippen LogP contribution >= 0.6 is 7.75 Å². The molecule has 2 aromatic carbocycles. The van der Waals surface area contributed by atoms with Crippen LogP contribution in [-0.2, 0) is 14.1 Å². The van der Waals surface area contributed by atoms with Crippen molar-refractivity contribution >= 4 is 13.7 Å². The molecule has 0 amide bonds. The Kier molecular flexibility index (Phi) is 7.61. The summed E-state index contributed by atoms with van der Waals surface area (Å²) in [4.78, 5) is 12.0. The van der Waals surface area contributed by atoms with Crippen LogP contribution < -0.4 is 14.1 Å². The van der Waals surface area contributed by atoms with E-state index in [2.05, 4.69) is 4.52 Å². The molecule has 2 aromatic rings. The first-order valence-corrected chi connectivity index (χ1v) is 10.1. The number of carbonyl (C=O) groups is 1. The highest BCUT2D eigenvalue weighted by atomic mass is 31.2. The topological polar surface area (TPSA) is 73.9 Å². The van der Waals surface area contributed by atoms with Gasteiger partial charge in [-0.05, 0) is 45.0 Å². The first-order chi connectivity index (χ1) is 14.3. The first-order valence-electron chi connectivity index (χ1n) is 8.59. The number of ether oxygens (including phenoxy) is 1. The van der Waals surface area contributed by atoms with Gasteiger partial charge in [-0.25, -0.2) is 22.1 Å². The van der Waals surface area contributed by atoms with E-state index in [0.29, 0.717) is 0 Å². The minimum Gasteiger partial charge on any atom is -0.462 e. The molecule has 0 saturated carbocycles. The Balaban J connectivity index is 2.46. The maximum Gasteiger partial charge on any atom is 0.513 e. The van der Waals surface area contributed by atoms with Crippen LogP contribution in [0.4, 0.5) is 26.3 Å². The Morgan fingerprint density at radius 2 is 1.32 bits per heavy atom. The third kappa shape index (κ3) is 5.92. The van der Waals surface area contributed by atoms with Gasteiger partial charge < -0.3 is 13.8 Å². The zero-order chi connectivity index (χ0) is 23.5. The predicted molar refractivity (Wildman–Crippen MR) is 95.3 cm³/mol. The van der Waals surface area contributed by atoms with Gasteiger partial charge in [0.15, 0.2) is 0 Å². The highest BCUT2D eigenvalue weighted by Crippen LogP contribution is 2.47. The fraction of sp³-hybridized carbons (Fsp3) is 0.278. The van der Waals surface area contributed by atoms with Crippen molar-refractivity contribution in [2.75, 3.05) is 0 Å². The molecule has 0 bridgehead atoms. The van der Waals surface area contributed by atoms with Gasteiger partial charge in [-0.1, -0.05) is 0 Å². The van der Waals surface area contributed by atoms with Gasteiger partial charge in [0.05, 0.1) is 6.10 Å². The van der Waals surface area contributed by atoms with Gasteiger partial charge >= 0.3 is 13.7 Å². The van der Waals surface area contributed by atoms with Crippen molar-refractivity contribution in [1.82, 2.24) is 5.09 Å². The van der Waals surface area contributed by atoms with Crippen LogP contribution in [0.5, 0.6) is 11.5 Å². The molecule has 2 atom stereocenters. The molecule has 2 rings (SSSR count). The van der Waals surface area contributed by atoms with Crippen molar-refractivity contribution in [1.29, 1.82) is 0 Å². The summed E-state index contributed by atoms with van der Waals surface area (Å²) in [6.45, 7) is 4.13. The third-order valence-corrected chi connectivity index (χ3v) is 5.06. The summed E-state index contributed by atoms with van der Waals surface area (Å²) in [6.07, 6.45) is -0.592. The molecule has 6 nitrogen and oxygen atoms in total. The van der Waals surface area contributed by atoms with Gasteiger partial charge in [0.25, 0.3) is 0 Å². The van der Waals surface area contributed by atoms with Gasteiger partial charge in [0.1, 0.15) is 17.6 Å². The summed E-state index contributed by atoms with van der Waals surface area (Å²) in [6, 6.07) is 2.16. The normalized spacial score (nSPS) is 14.1. The van der Waals surface area contributed by atoms with Crippen molar-refractivity contribution in [2.24, 2.45) is 0 Å². The molecule has 0 heterocycles. The van der Waals surface area contributed by atoms with Crippen molar-refractivity contribution in [3.8, 4) is 11.5 Å². The van der Waals surface area contributed by atoms with Crippen molar-refractivity contribution in [3.63, 3.8) is 0 Å². The number of esters is 1. The summed E-state index contributed by atoms with van der Waals surface area (Å²) < 4.78 is 109. The second-order valence-electron chi connectivity index (χ2n) is 6.37. The average Bonchev–Trinajstić information content (AvgIpc) is 2.69. The fourth-order valence-corrected chi connectivity index (χ4v) is 3.64. The van der Waals surface area contributed by atoms with E-state index in [1.807, 2.05) is 5.09 Å². The fourth-order valence-electron chi connectivity index (χ4n) is 2.11. The van der Waals surface area contributed by atoms with E-state index < -0.39 is 66.5 Å². The standard InChI is InChI=1S/C18H16F6NO5P/c1-8(2)28-18(26)9(3)25-31(27,29-11-6-4-10(19)5-7-11)30-17-15(23)13(21)12(20)14(22)16(17)24/h4-9H,1-3H3,(H,25,27)/t9-,31-/m0/s1. The quantitative estimate of drug-likeness (QED) is 0.192. The second kappa shape index (κ2) is 9.61. The van der Waals surface area contributed by atoms with Crippen LogP contribution in [0.25, 0.3) is 0 Å². The molecule has 0 spiro atoms. The van der Waals surface area contributed by atoms with Gasteiger partial charge in [-0.3, -0.25) is 4.79 Å². The Hall–Kier alpha value is -2.72. The number of hydrogen-bond acceptors (Lipinski definition) is 5. The lowest BCUT2D eigenvalue weighted by molar-refractivity contribution is -0.149. The van der Waals surface area contributed by atoms with E-state index in [1.54, 1.807) is 0 Å². The molecule has 0 aliphatic rings. The Labute approximate surface area is 172 Å². The average molecular weight is 471 g/mol. The zero-order valence-electron chi connectivity index (χ0n) is 16.2. The Morgan fingerprint density at radius 3 is 1.81 bits per heavy atom. The summed E-state index contributed by atoms with van der Waals surface area (Å²) >= 11 is 0. The zero-order valence-corrected chi connectivity index (χ0v) is 17.1. The predicted octanol–water partition coefficient (Wildman–Crippen LogP) is 5.02. The third-order valence-electron chi connectivity index (χ3n) is 3.48. The molecule has 0 radical (unpaired) electrons. The SMILES string of the molecule is CC(C)OC(=O)[C@H](C)N[P@](=O)(Oc1ccc(F)cc1)Oc1c(F)c(F)c(F)c(F)c1F. The summed E-state index contributed by atoms with van der Waals surface area (Å²) in [7, 11) is -5.05. The number of benzene rings is 2. The van der Waals surface area contributed by atoms with Gasteiger partial charge in [-0.15, -0.1) is 0 Å². The van der Waals surface area contributed by atoms with Crippen LogP contribution in [0.15, 0.2) is 24.3 Å². The first kappa shape index (κ1) is 24.5. The largest absolute Gasteiger partial charge is 0.513 e. The van der Waals surface area contributed by atoms with Crippen LogP contribution in [0, 0.1) is 34.9 Å². The Morgan fingerprint density at radius 1 is 0.839 bits per heavy atom. The number of hydrogen-bond donors (Lipinski definition) is 1. The second-order valence-corrected chi connectivity index (χ2v) is 7.99. The number of carbonyl (C=O) groups excluding carboxylic acids is 1. The molecule has 0 aliphatic carbocycles. The van der Waals surface area contributed by atoms with Crippen LogP contribution in [0.2, 0.25) is 0 Å². The number of halogens is 6. The van der Waals surface area contributed by atoms with E-state index in [-0.39, 0.29) is 5.75 Å². The van der Waals surface area contributed by atoms with Crippen molar-refractivity contribution < 1.29 is 49.5 Å². The maximum absolute atomic E-state index is 14.0. The number of rotatable bonds is 8. The summed E-state index contributed by atoms with van der Waals surface area (Å²) in [5.41, 5.74) is 0. The van der Waals surface area contributed by atoms with E-state index in [4.69, 9.17) is 9.26 Å². The van der Waals surface area contributed by atoms with Gasteiger partial charge in [0.2, 0.25) is 34.8 Å². The van der Waals surface area contributed by atoms with Crippen LogP contribution in [-0.4, -0.2) is 18.1 Å². The van der Waals surface area contributed by atoms with Crippen LogP contribution in [0.3, 0.4) is 0 Å². The summed E-state index contributed by atoms with van der Waals surface area (Å²) in [5.74, 6) is -16.0. The monoisotopic (exact) mass is 471 g/mol. The Bertz CT molecular complexity index is 988. The lowest BCUT2D eigenvalue weighted by atomic mass is 10.3. The van der Waals surface area contributed by atoms with E-state index in [1.165, 1.54) is 13.8 Å². The van der Waals surface area contributed by atoms with Gasteiger partial charge in [-0.2, -0.15) is 13.9 Å². The smallest absolute Gasteiger partial charge is 0.462 e. The summed E-state index contributed by atoms with van der Waals surface area (Å²) in [5, 5.41) is 1.99. The minimum absolute atomic E-state index is 0.370. The van der Waals surface area contributed by atoms with Crippen molar-refractivity contribution in [3.05, 3.63) is 59.2 Å². The van der Waals surface area contributed by atoms with E-state index in [9.17, 15) is 35.7 Å². The molecule has 13 heteroatoms. The van der Waals surface area contributed by atoms with Crippen LogP contribution in [0.1, 0.15) is 20.8 Å². The highest BCUT2D eigenvalue weighted by Gasteiger charge is 2.38. The lowest BCUT2D eigenvalue weighted by Gasteiger charge is -2.24. The molecule has 0 saturated heterocycles. The molecule has 0 aliphatic heterocycles. The van der Waals surface area contributed by atoms with E-state index >= 15 is 0 Å². The molecule has 0 aromatic heterocycles. The molecule has 1 N–H and O–H groups in total. The molecule has 31 heavy (non-hydrogen) atoms.